The molecule has 0 radical (unpaired) electrons. The lowest BCUT2D eigenvalue weighted by Gasteiger charge is -2.50. The largest absolute Gasteiger partial charge is 0.508 e. The maximum absolute atomic E-state index is 14.3. The second kappa shape index (κ2) is 11.2. The predicted octanol–water partition coefficient (Wildman–Crippen LogP) is 3.84. The summed E-state index contributed by atoms with van der Waals surface area (Å²) in [5.74, 6) is -6.73. The van der Waals surface area contributed by atoms with Crippen LogP contribution in [0, 0.1) is 17.8 Å². The average Bonchev–Trinajstić information content (AvgIpc) is 3.84. The van der Waals surface area contributed by atoms with Gasteiger partial charge in [-0.2, -0.15) is 0 Å². The van der Waals surface area contributed by atoms with Gasteiger partial charge in [-0.05, 0) is 91.4 Å². The van der Waals surface area contributed by atoms with Crippen molar-refractivity contribution in [1.29, 1.82) is 0 Å². The van der Waals surface area contributed by atoms with Gasteiger partial charge in [-0.1, -0.05) is 45.0 Å². The number of phenols is 1. The van der Waals surface area contributed by atoms with Gasteiger partial charge in [0.05, 0.1) is 11.6 Å². The first-order valence-corrected chi connectivity index (χ1v) is 16.1. The lowest BCUT2D eigenvalue weighted by atomic mass is 9.57. The van der Waals surface area contributed by atoms with Gasteiger partial charge in [-0.25, -0.2) is 0 Å². The third kappa shape index (κ3) is 5.09. The van der Waals surface area contributed by atoms with E-state index in [2.05, 4.69) is 20.8 Å². The number of fused-ring (bicyclic) bond motifs is 3. The number of aliphatic hydroxyl groups is 3. The first-order chi connectivity index (χ1) is 22.0. The van der Waals surface area contributed by atoms with Crippen molar-refractivity contribution in [2.75, 3.05) is 14.1 Å². The van der Waals surface area contributed by atoms with Crippen molar-refractivity contribution in [3.63, 3.8) is 0 Å². The summed E-state index contributed by atoms with van der Waals surface area (Å²) in [5, 5.41) is 46.6. The number of primary amides is 1. The molecule has 2 fully saturated rings. The van der Waals surface area contributed by atoms with E-state index in [4.69, 9.17) is 5.73 Å². The number of nitrogens with two attached hydrogens (primary N) is 1. The van der Waals surface area contributed by atoms with Crippen LogP contribution in [0.15, 0.2) is 47.2 Å². The van der Waals surface area contributed by atoms with Gasteiger partial charge >= 0.3 is 0 Å². The van der Waals surface area contributed by atoms with Crippen LogP contribution >= 0.6 is 0 Å². The molecule has 4 atom stereocenters. The van der Waals surface area contributed by atoms with Crippen molar-refractivity contribution in [2.24, 2.45) is 23.5 Å². The topological polar surface area (TPSA) is 178 Å². The second-order valence-corrected chi connectivity index (χ2v) is 14.8. The zero-order valence-electron chi connectivity index (χ0n) is 27.4. The van der Waals surface area contributed by atoms with Crippen LogP contribution in [-0.4, -0.2) is 74.3 Å². The summed E-state index contributed by atoms with van der Waals surface area (Å²) in [6.07, 6.45) is 2.35. The summed E-state index contributed by atoms with van der Waals surface area (Å²) in [6.45, 7) is 6.34. The molecule has 6 rings (SSSR count). The molecule has 2 saturated carbocycles. The number of hydrogen-bond acceptors (Lipinski definition) is 9. The van der Waals surface area contributed by atoms with Crippen LogP contribution in [-0.2, 0) is 37.4 Å². The number of likely N-dealkylation sites (N-methyl/N-ethyl adjacent to an activating group) is 1. The molecule has 0 heterocycles. The molecule has 0 spiro atoms. The average molecular weight is 643 g/mol. The first-order valence-electron chi connectivity index (χ1n) is 16.1. The minimum absolute atomic E-state index is 0.00652. The molecule has 0 saturated heterocycles. The number of carbonyl (C=O) groups is 4. The Morgan fingerprint density at radius 1 is 1.04 bits per heavy atom. The molecule has 0 aromatic heterocycles. The lowest BCUT2D eigenvalue weighted by molar-refractivity contribution is -0.153. The lowest BCUT2D eigenvalue weighted by Crippen LogP contribution is -2.65. The van der Waals surface area contributed by atoms with Gasteiger partial charge in [-0.3, -0.25) is 24.1 Å². The van der Waals surface area contributed by atoms with Crippen LogP contribution in [0.2, 0.25) is 0 Å². The summed E-state index contributed by atoms with van der Waals surface area (Å²) in [5.41, 5.74) is 5.32. The summed E-state index contributed by atoms with van der Waals surface area (Å²) >= 11 is 0. The molecular weight excluding hydrogens is 600 g/mol. The Bertz CT molecular complexity index is 1790. The van der Waals surface area contributed by atoms with Crippen molar-refractivity contribution in [3.8, 4) is 16.9 Å². The van der Waals surface area contributed by atoms with Crippen LogP contribution in [0.3, 0.4) is 0 Å². The maximum Gasteiger partial charge on any atom is 0.255 e. The number of nitrogens with zero attached hydrogens (tertiary/aromatic N) is 1. The molecule has 4 aliphatic rings. The molecule has 4 aliphatic carbocycles. The summed E-state index contributed by atoms with van der Waals surface area (Å²) in [4.78, 5) is 54.1. The highest BCUT2D eigenvalue weighted by molar-refractivity contribution is 6.24. The van der Waals surface area contributed by atoms with E-state index < -0.39 is 58.0 Å². The molecule has 2 aromatic carbocycles. The first kappa shape index (κ1) is 32.7. The number of aromatic hydroxyl groups is 1. The van der Waals surface area contributed by atoms with Crippen molar-refractivity contribution >= 4 is 29.0 Å². The van der Waals surface area contributed by atoms with Crippen molar-refractivity contribution in [3.05, 3.63) is 69.5 Å². The highest BCUT2D eigenvalue weighted by Crippen LogP contribution is 2.54. The zero-order chi connectivity index (χ0) is 34.3. The molecule has 6 N–H and O–H groups in total. The normalized spacial score (nSPS) is 25.9. The van der Waals surface area contributed by atoms with E-state index in [1.54, 1.807) is 14.1 Å². The fourth-order valence-corrected chi connectivity index (χ4v) is 7.83. The number of carbonyl (C=O) groups excluding carboxylic acids is 4. The molecule has 2 aromatic rings. The van der Waals surface area contributed by atoms with Crippen molar-refractivity contribution in [1.82, 2.24) is 4.90 Å². The quantitative estimate of drug-likeness (QED) is 0.281. The van der Waals surface area contributed by atoms with E-state index in [-0.39, 0.29) is 59.7 Å². The summed E-state index contributed by atoms with van der Waals surface area (Å²) in [7, 11) is 3.14. The Morgan fingerprint density at radius 3 is 2.23 bits per heavy atom. The van der Waals surface area contributed by atoms with E-state index in [0.717, 1.165) is 29.5 Å². The van der Waals surface area contributed by atoms with E-state index >= 15 is 0 Å². The number of rotatable bonds is 7. The van der Waals surface area contributed by atoms with Crippen molar-refractivity contribution < 1.29 is 39.6 Å². The number of phenolic OH excluding ortho intramolecular Hbond substituents is 1. The SMILES string of the molecule is CN(C)C1C(=O)C(C(N)=O)=C(O)[C@]2(O)C(=O)C3=C(O)c4c(O)c(CCC(=O)C5CC5)cc(-c5ccc(C(C)(C)C)cc5)c4C[C@@H]3C[C@@H]12. The Balaban J connectivity index is 1.54. The summed E-state index contributed by atoms with van der Waals surface area (Å²) in [6, 6.07) is 8.70. The minimum atomic E-state index is -2.71. The molecule has 47 heavy (non-hydrogen) atoms. The molecule has 10 heteroatoms. The number of aliphatic hydroxyl groups excluding tert-OH is 2. The standard InChI is InChI=1S/C37H42N2O8/c1-36(2,3)21-11-8-17(9-12-21)22-14-19(10-13-25(40)18-6-7-18)30(41)27-23(22)15-20-16-24-29(39(4)5)32(43)28(35(38)46)34(45)37(24,47)33(44)26(20)31(27)42/h8-9,11-12,14,18,20,24,29,41-42,45,47H,6-7,10,13,15-16H2,1-5H3,(H2,38,46)/t20-,24+,29?,37-/m1/s1. The molecule has 0 aliphatic heterocycles. The number of ketones is 3. The molecule has 248 valence electrons. The Kier molecular flexibility index (Phi) is 7.76. The predicted molar refractivity (Wildman–Crippen MR) is 174 cm³/mol. The molecule has 10 nitrogen and oxygen atoms in total. The van der Waals surface area contributed by atoms with Gasteiger partial charge in [0, 0.05) is 23.8 Å². The Morgan fingerprint density at radius 2 is 1.68 bits per heavy atom. The second-order valence-electron chi connectivity index (χ2n) is 14.8. The van der Waals surface area contributed by atoms with E-state index in [1.165, 1.54) is 4.90 Å². The van der Waals surface area contributed by atoms with E-state index in [0.29, 0.717) is 11.1 Å². The highest BCUT2D eigenvalue weighted by atomic mass is 16.3. The monoisotopic (exact) mass is 642 g/mol. The van der Waals surface area contributed by atoms with Gasteiger partial charge in [0.1, 0.15) is 28.6 Å². The third-order valence-corrected chi connectivity index (χ3v) is 10.5. The van der Waals surface area contributed by atoms with Crippen LogP contribution < -0.4 is 5.73 Å². The van der Waals surface area contributed by atoms with Crippen LogP contribution in [0.4, 0.5) is 0 Å². The fourth-order valence-electron chi connectivity index (χ4n) is 7.83. The Labute approximate surface area is 273 Å². The molecule has 0 bridgehead atoms. The Hall–Kier alpha value is -4.28. The van der Waals surface area contributed by atoms with E-state index in [9.17, 15) is 39.6 Å². The number of aryl methyl sites for hydroxylation is 1. The van der Waals surface area contributed by atoms with Crippen LogP contribution in [0.5, 0.6) is 5.75 Å². The summed E-state index contributed by atoms with van der Waals surface area (Å²) < 4.78 is 0. The smallest absolute Gasteiger partial charge is 0.255 e. The van der Waals surface area contributed by atoms with E-state index in [1.807, 2.05) is 30.3 Å². The van der Waals surface area contributed by atoms with Gasteiger partial charge in [0.15, 0.2) is 11.4 Å². The van der Waals surface area contributed by atoms with Gasteiger partial charge < -0.3 is 26.2 Å². The van der Waals surface area contributed by atoms with Crippen molar-refractivity contribution in [2.45, 2.75) is 76.4 Å². The van der Waals surface area contributed by atoms with Crippen LogP contribution in [0.25, 0.3) is 16.9 Å². The maximum atomic E-state index is 14.3. The molecular formula is C37H42N2O8. The zero-order valence-corrected chi connectivity index (χ0v) is 27.4. The van der Waals surface area contributed by atoms with Crippen LogP contribution in [0.1, 0.15) is 68.7 Å². The number of benzene rings is 2. The van der Waals surface area contributed by atoms with Gasteiger partial charge in [0.25, 0.3) is 5.91 Å². The third-order valence-electron chi connectivity index (χ3n) is 10.5. The molecule has 1 amide bonds. The minimum Gasteiger partial charge on any atom is -0.508 e. The molecule has 1 unspecified atom stereocenters. The number of Topliss-reactive ketones (excluding diaryl/α,β-unsaturated/α-hetero) is 3. The number of amides is 1. The fraction of sp³-hybridized carbons (Fsp3) is 0.459. The highest BCUT2D eigenvalue weighted by Gasteiger charge is 2.64. The van der Waals surface area contributed by atoms with Gasteiger partial charge in [-0.15, -0.1) is 0 Å². The number of hydrogen-bond donors (Lipinski definition) is 5. The van der Waals surface area contributed by atoms with Gasteiger partial charge in [0.2, 0.25) is 5.78 Å².